The quantitative estimate of drug-likeness (QED) is 0.290. The average Bonchev–Trinajstić information content (AvgIpc) is 3.01. The van der Waals surface area contributed by atoms with Gasteiger partial charge in [0.1, 0.15) is 0 Å². The first kappa shape index (κ1) is 19.6. The lowest BCUT2D eigenvalue weighted by molar-refractivity contribution is -0.185. The molecule has 0 heterocycles. The summed E-state index contributed by atoms with van der Waals surface area (Å²) in [6.45, 7) is 10.5. The first-order chi connectivity index (χ1) is 12.7. The second-order valence-electron chi connectivity index (χ2n) is 12.2. The smallest absolute Gasteiger partial charge is 0.0688 e. The van der Waals surface area contributed by atoms with Crippen LogP contribution in [-0.2, 0) is 0 Å². The van der Waals surface area contributed by atoms with Crippen molar-refractivity contribution >= 4 is 22.6 Å². The van der Waals surface area contributed by atoms with Crippen molar-refractivity contribution < 1.29 is 5.11 Å². The SMILES string of the molecule is CC1CCC2(C)C(CCC3(C)C2CCC2(I)C4CCCC4(O)CCC32)C1C. The van der Waals surface area contributed by atoms with E-state index in [0.29, 0.717) is 20.2 Å². The molecule has 5 saturated carbocycles. The van der Waals surface area contributed by atoms with Gasteiger partial charge in [-0.1, -0.05) is 56.7 Å². The fourth-order valence-corrected chi connectivity index (χ4v) is 12.2. The van der Waals surface area contributed by atoms with Crippen LogP contribution in [0.15, 0.2) is 0 Å². The molecule has 0 aromatic carbocycles. The Morgan fingerprint density at radius 3 is 2.22 bits per heavy atom. The van der Waals surface area contributed by atoms with Crippen molar-refractivity contribution in [2.75, 3.05) is 0 Å². The van der Waals surface area contributed by atoms with E-state index in [1.54, 1.807) is 0 Å². The van der Waals surface area contributed by atoms with Crippen molar-refractivity contribution in [2.45, 2.75) is 107 Å². The van der Waals surface area contributed by atoms with Gasteiger partial charge in [0.15, 0.2) is 0 Å². The molecule has 2 heteroatoms. The van der Waals surface area contributed by atoms with Gasteiger partial charge in [-0.25, -0.2) is 0 Å². The summed E-state index contributed by atoms with van der Waals surface area (Å²) in [6, 6.07) is 0. The lowest BCUT2D eigenvalue weighted by Crippen LogP contribution is -2.66. The van der Waals surface area contributed by atoms with Crippen LogP contribution in [0, 0.1) is 46.3 Å². The Hall–Kier alpha value is 0.690. The molecule has 0 aromatic rings. The normalized spacial score (nSPS) is 62.9. The summed E-state index contributed by atoms with van der Waals surface area (Å²) in [5.74, 6) is 5.10. The second kappa shape index (κ2) is 6.11. The highest BCUT2D eigenvalue weighted by molar-refractivity contribution is 14.1. The largest absolute Gasteiger partial charge is 0.390 e. The van der Waals surface area contributed by atoms with Gasteiger partial charge in [-0.05, 0) is 105 Å². The fraction of sp³-hybridized carbons (Fsp3) is 1.00. The van der Waals surface area contributed by atoms with E-state index < -0.39 is 0 Å². The summed E-state index contributed by atoms with van der Waals surface area (Å²) < 4.78 is 0.364. The summed E-state index contributed by atoms with van der Waals surface area (Å²) in [6.07, 6.45) is 14.6. The Morgan fingerprint density at radius 1 is 0.741 bits per heavy atom. The zero-order valence-corrected chi connectivity index (χ0v) is 20.2. The number of hydrogen-bond acceptors (Lipinski definition) is 1. The van der Waals surface area contributed by atoms with Crippen LogP contribution in [0.3, 0.4) is 0 Å². The molecule has 1 N–H and O–H groups in total. The molecule has 0 saturated heterocycles. The van der Waals surface area contributed by atoms with Gasteiger partial charge in [0.2, 0.25) is 0 Å². The van der Waals surface area contributed by atoms with Crippen LogP contribution in [-0.4, -0.2) is 14.1 Å². The molecule has 5 aliphatic rings. The van der Waals surface area contributed by atoms with Gasteiger partial charge in [0, 0.05) is 9.34 Å². The second-order valence-corrected chi connectivity index (χ2v) is 14.2. The highest BCUT2D eigenvalue weighted by atomic mass is 127. The maximum atomic E-state index is 11.4. The van der Waals surface area contributed by atoms with E-state index in [1.165, 1.54) is 57.8 Å². The zero-order valence-electron chi connectivity index (χ0n) is 18.1. The Labute approximate surface area is 181 Å². The Balaban J connectivity index is 1.51. The van der Waals surface area contributed by atoms with E-state index in [9.17, 15) is 5.11 Å². The van der Waals surface area contributed by atoms with Crippen molar-refractivity contribution in [1.29, 1.82) is 0 Å². The number of fused-ring (bicyclic) bond motifs is 7. The third-order valence-corrected chi connectivity index (χ3v) is 13.5. The van der Waals surface area contributed by atoms with Crippen molar-refractivity contribution in [3.05, 3.63) is 0 Å². The topological polar surface area (TPSA) is 20.2 Å². The van der Waals surface area contributed by atoms with Gasteiger partial charge in [0.05, 0.1) is 5.60 Å². The molecule has 5 aliphatic carbocycles. The molecular weight excluding hydrogens is 443 g/mol. The minimum atomic E-state index is -0.323. The minimum Gasteiger partial charge on any atom is -0.390 e. The molecule has 0 aliphatic heterocycles. The van der Waals surface area contributed by atoms with Crippen LogP contribution in [0.2, 0.25) is 0 Å². The monoisotopic (exact) mass is 484 g/mol. The molecule has 10 unspecified atom stereocenters. The van der Waals surface area contributed by atoms with Gasteiger partial charge < -0.3 is 5.11 Å². The molecule has 10 atom stereocenters. The highest BCUT2D eigenvalue weighted by Gasteiger charge is 2.68. The molecule has 0 amide bonds. The Bertz CT molecular complexity index is 619. The van der Waals surface area contributed by atoms with Crippen molar-refractivity contribution in [2.24, 2.45) is 46.3 Å². The molecule has 0 aromatic heterocycles. The zero-order chi connectivity index (χ0) is 19.2. The maximum Gasteiger partial charge on any atom is 0.0688 e. The van der Waals surface area contributed by atoms with E-state index in [2.05, 4.69) is 50.3 Å². The third kappa shape index (κ3) is 2.44. The standard InChI is InChI=1S/C25H41IO/c1-16-7-12-22(3)18(17(16)2)8-13-23(4)19(22)10-15-25(26)20(23)9-14-24(27)11-5-6-21(24)25/h16-21,27H,5-15H2,1-4H3. The third-order valence-electron chi connectivity index (χ3n) is 11.5. The van der Waals surface area contributed by atoms with Crippen LogP contribution in [0.25, 0.3) is 0 Å². The van der Waals surface area contributed by atoms with Crippen LogP contribution >= 0.6 is 22.6 Å². The first-order valence-corrected chi connectivity index (χ1v) is 13.1. The Morgan fingerprint density at radius 2 is 1.44 bits per heavy atom. The number of aliphatic hydroxyl groups is 1. The summed E-state index contributed by atoms with van der Waals surface area (Å²) in [4.78, 5) is 0. The van der Waals surface area contributed by atoms with Gasteiger partial charge in [-0.15, -0.1) is 0 Å². The van der Waals surface area contributed by atoms with Crippen LogP contribution < -0.4 is 0 Å². The van der Waals surface area contributed by atoms with Crippen molar-refractivity contribution in [3.63, 3.8) is 0 Å². The average molecular weight is 485 g/mol. The first-order valence-electron chi connectivity index (χ1n) is 12.1. The molecular formula is C25H41IO. The molecule has 27 heavy (non-hydrogen) atoms. The maximum absolute atomic E-state index is 11.4. The fourth-order valence-electron chi connectivity index (χ4n) is 9.99. The van der Waals surface area contributed by atoms with E-state index in [0.717, 1.165) is 42.4 Å². The molecule has 5 fully saturated rings. The van der Waals surface area contributed by atoms with E-state index in [4.69, 9.17) is 0 Å². The van der Waals surface area contributed by atoms with Crippen LogP contribution in [0.5, 0.6) is 0 Å². The number of hydrogen-bond donors (Lipinski definition) is 1. The van der Waals surface area contributed by atoms with Gasteiger partial charge in [0.25, 0.3) is 0 Å². The Kier molecular flexibility index (Phi) is 4.45. The predicted molar refractivity (Wildman–Crippen MR) is 121 cm³/mol. The summed E-state index contributed by atoms with van der Waals surface area (Å²) in [5.41, 5.74) is 0.756. The lowest BCUT2D eigenvalue weighted by Gasteiger charge is -2.69. The minimum absolute atomic E-state index is 0.323. The predicted octanol–water partition coefficient (Wildman–Crippen LogP) is 7.00. The summed E-state index contributed by atoms with van der Waals surface area (Å²) in [5, 5.41) is 11.4. The molecule has 0 spiro atoms. The molecule has 0 bridgehead atoms. The van der Waals surface area contributed by atoms with E-state index >= 15 is 0 Å². The van der Waals surface area contributed by atoms with Gasteiger partial charge in [-0.3, -0.25) is 0 Å². The van der Waals surface area contributed by atoms with Crippen molar-refractivity contribution in [3.8, 4) is 0 Å². The van der Waals surface area contributed by atoms with Crippen LogP contribution in [0.1, 0.15) is 98.3 Å². The summed E-state index contributed by atoms with van der Waals surface area (Å²) >= 11 is 2.89. The number of alkyl halides is 1. The van der Waals surface area contributed by atoms with Crippen LogP contribution in [0.4, 0.5) is 0 Å². The van der Waals surface area contributed by atoms with E-state index in [-0.39, 0.29) is 5.60 Å². The highest BCUT2D eigenvalue weighted by Crippen LogP contribution is 2.73. The van der Waals surface area contributed by atoms with Gasteiger partial charge >= 0.3 is 0 Å². The number of halogens is 1. The van der Waals surface area contributed by atoms with Gasteiger partial charge in [-0.2, -0.15) is 0 Å². The summed E-state index contributed by atoms with van der Waals surface area (Å²) in [7, 11) is 0. The lowest BCUT2D eigenvalue weighted by atomic mass is 9.38. The van der Waals surface area contributed by atoms with Crippen molar-refractivity contribution in [1.82, 2.24) is 0 Å². The molecule has 5 rings (SSSR count). The molecule has 1 nitrogen and oxygen atoms in total. The molecule has 0 radical (unpaired) electrons. The number of rotatable bonds is 0. The molecule has 154 valence electrons. The van der Waals surface area contributed by atoms with E-state index in [1.807, 2.05) is 0 Å².